The van der Waals surface area contributed by atoms with Gasteiger partial charge in [0.1, 0.15) is 18.5 Å². The van der Waals surface area contributed by atoms with E-state index in [1.165, 1.54) is 21.1 Å². The molecule has 52 heavy (non-hydrogen) atoms. The third-order valence-corrected chi connectivity index (χ3v) is 8.90. The molecule has 0 spiro atoms. The number of benzene rings is 4. The predicted octanol–water partition coefficient (Wildman–Crippen LogP) is 3.81. The van der Waals surface area contributed by atoms with Crippen LogP contribution < -0.4 is 23.7 Å². The monoisotopic (exact) mass is 720 g/mol. The lowest BCUT2D eigenvalue weighted by molar-refractivity contribution is -0.394. The highest BCUT2D eigenvalue weighted by Crippen LogP contribution is 2.50. The van der Waals surface area contributed by atoms with Gasteiger partial charge in [-0.05, 0) is 42.1 Å². The van der Waals surface area contributed by atoms with Gasteiger partial charge in [0.25, 0.3) is 11.4 Å². The van der Waals surface area contributed by atoms with E-state index < -0.39 is 69.4 Å². The Bertz CT molecular complexity index is 2140. The number of nitrogens with zero attached hydrogens (tertiary/aromatic N) is 2. The molecule has 4 aromatic carbocycles. The standard InChI is InChI=1S/C34H28N2O16/c1-14-28(37)31(51-32(39)16-6-17(35(41)42)9-18(7-16)36(43)44)29(38)34(50-14)52-30-20-11-24(46-3)23(45-2)10-19(20)26(27-21(30)12-47-33(27)40)15-4-5-22-25(8-15)49-13-48-22/h4-11,14,28-29,31,34,37-38H,12-13H2,1-3H3/t14-,28-,29-,31+,34?/m1/s1. The Labute approximate surface area is 292 Å². The van der Waals surface area contributed by atoms with Crippen LogP contribution in [0.4, 0.5) is 11.4 Å². The van der Waals surface area contributed by atoms with Gasteiger partial charge in [-0.15, -0.1) is 0 Å². The van der Waals surface area contributed by atoms with E-state index in [-0.39, 0.29) is 36.0 Å². The van der Waals surface area contributed by atoms with Gasteiger partial charge < -0.3 is 48.1 Å². The molecule has 5 atom stereocenters. The van der Waals surface area contributed by atoms with Crippen LogP contribution in [-0.2, 0) is 20.8 Å². The summed E-state index contributed by atoms with van der Waals surface area (Å²) in [4.78, 5) is 47.5. The number of fused-ring (bicyclic) bond motifs is 3. The summed E-state index contributed by atoms with van der Waals surface area (Å²) in [5.74, 6) is -0.368. The first-order chi connectivity index (χ1) is 24.9. The summed E-state index contributed by atoms with van der Waals surface area (Å²) in [6.45, 7) is 1.20. The van der Waals surface area contributed by atoms with Crippen LogP contribution in [-0.4, -0.2) is 83.7 Å². The largest absolute Gasteiger partial charge is 0.493 e. The average molecular weight is 721 g/mol. The van der Waals surface area contributed by atoms with Crippen LogP contribution >= 0.6 is 0 Å². The average Bonchev–Trinajstić information content (AvgIpc) is 3.77. The van der Waals surface area contributed by atoms with E-state index in [1.807, 2.05) is 0 Å². The molecule has 4 aromatic rings. The molecule has 18 nitrogen and oxygen atoms in total. The number of ether oxygens (including phenoxy) is 8. The number of methoxy groups -OCH3 is 2. The second kappa shape index (κ2) is 13.1. The molecule has 1 saturated heterocycles. The first-order valence-electron chi connectivity index (χ1n) is 15.5. The van der Waals surface area contributed by atoms with Crippen LogP contribution in [0.15, 0.2) is 48.5 Å². The van der Waals surface area contributed by atoms with Gasteiger partial charge in [0.2, 0.25) is 13.1 Å². The molecular formula is C34H28N2O16. The molecule has 2 N–H and O–H groups in total. The number of aliphatic hydroxyl groups is 2. The van der Waals surface area contributed by atoms with Crippen LogP contribution in [0, 0.1) is 20.2 Å². The maximum absolute atomic E-state index is 13.4. The Morgan fingerprint density at radius 3 is 2.15 bits per heavy atom. The van der Waals surface area contributed by atoms with E-state index in [2.05, 4.69) is 0 Å². The Hall–Kier alpha value is -6.24. The SMILES string of the molecule is COc1cc2c(OC3O[C@H](C)[C@@H](O)[C@H](OC(=O)c4cc([N+](=O)[O-])cc([N+](=O)[O-])c4)[C@H]3O)c3c(c(-c4ccc5c(c4)OCO5)c2cc1OC)C(=O)OC3. The van der Waals surface area contributed by atoms with Crippen molar-refractivity contribution in [2.24, 2.45) is 0 Å². The quantitative estimate of drug-likeness (QED) is 0.142. The van der Waals surface area contributed by atoms with E-state index in [0.717, 1.165) is 12.1 Å². The summed E-state index contributed by atoms with van der Waals surface area (Å²) in [6, 6.07) is 10.6. The van der Waals surface area contributed by atoms with Crippen molar-refractivity contribution < 1.29 is 67.5 Å². The number of hydrogen-bond acceptors (Lipinski definition) is 16. The fourth-order valence-corrected chi connectivity index (χ4v) is 6.36. The van der Waals surface area contributed by atoms with Gasteiger partial charge in [0.15, 0.2) is 35.2 Å². The molecule has 0 bridgehead atoms. The second-order valence-corrected chi connectivity index (χ2v) is 11.9. The van der Waals surface area contributed by atoms with Crippen molar-refractivity contribution in [3.05, 3.63) is 85.4 Å². The highest BCUT2D eigenvalue weighted by molar-refractivity contribution is 6.14. The number of cyclic esters (lactones) is 1. The molecular weight excluding hydrogens is 692 g/mol. The van der Waals surface area contributed by atoms with E-state index >= 15 is 0 Å². The minimum Gasteiger partial charge on any atom is -0.493 e. The molecule has 3 aliphatic heterocycles. The van der Waals surface area contributed by atoms with Gasteiger partial charge in [-0.1, -0.05) is 6.07 Å². The van der Waals surface area contributed by atoms with Crippen LogP contribution in [0.2, 0.25) is 0 Å². The van der Waals surface area contributed by atoms with Gasteiger partial charge in [0, 0.05) is 28.6 Å². The maximum Gasteiger partial charge on any atom is 0.339 e. The minimum atomic E-state index is -1.90. The van der Waals surface area contributed by atoms with Crippen LogP contribution in [0.25, 0.3) is 21.9 Å². The normalized spacial score (nSPS) is 21.6. The van der Waals surface area contributed by atoms with E-state index in [0.29, 0.717) is 45.2 Å². The Morgan fingerprint density at radius 2 is 1.50 bits per heavy atom. The Kier molecular flexibility index (Phi) is 8.65. The number of aliphatic hydroxyl groups excluding tert-OH is 2. The molecule has 7 rings (SSSR count). The molecule has 0 aliphatic carbocycles. The zero-order chi connectivity index (χ0) is 37.0. The highest BCUT2D eigenvalue weighted by Gasteiger charge is 2.48. The summed E-state index contributed by atoms with van der Waals surface area (Å²) < 4.78 is 45.2. The van der Waals surface area contributed by atoms with Crippen molar-refractivity contribution in [3.8, 4) is 39.9 Å². The fraction of sp³-hybridized carbons (Fsp3) is 0.294. The summed E-state index contributed by atoms with van der Waals surface area (Å²) in [7, 11) is 2.87. The third-order valence-electron chi connectivity index (χ3n) is 8.90. The summed E-state index contributed by atoms with van der Waals surface area (Å²) >= 11 is 0. The topological polar surface area (TPSA) is 235 Å². The molecule has 3 aliphatic rings. The summed E-state index contributed by atoms with van der Waals surface area (Å²) in [5, 5.41) is 46.0. The van der Waals surface area contributed by atoms with Gasteiger partial charge in [-0.3, -0.25) is 20.2 Å². The van der Waals surface area contributed by atoms with Gasteiger partial charge in [-0.25, -0.2) is 9.59 Å². The first kappa shape index (κ1) is 34.2. The number of nitro benzene ring substituents is 2. The lowest BCUT2D eigenvalue weighted by atomic mass is 9.89. The number of non-ortho nitro benzene ring substituents is 2. The smallest absolute Gasteiger partial charge is 0.339 e. The van der Waals surface area contributed by atoms with Crippen molar-refractivity contribution in [1.82, 2.24) is 0 Å². The summed E-state index contributed by atoms with van der Waals surface area (Å²) in [5.41, 5.74) is -0.633. The van der Waals surface area contributed by atoms with E-state index in [4.69, 9.17) is 37.9 Å². The first-order valence-corrected chi connectivity index (χ1v) is 15.5. The molecule has 1 fully saturated rings. The fourth-order valence-electron chi connectivity index (χ4n) is 6.36. The number of esters is 2. The van der Waals surface area contributed by atoms with Crippen molar-refractivity contribution in [2.75, 3.05) is 21.0 Å². The van der Waals surface area contributed by atoms with Crippen LogP contribution in [0.3, 0.4) is 0 Å². The van der Waals surface area contributed by atoms with Crippen LogP contribution in [0.5, 0.6) is 28.7 Å². The van der Waals surface area contributed by atoms with Gasteiger partial charge in [0.05, 0.1) is 47.4 Å². The molecule has 3 heterocycles. The third kappa shape index (κ3) is 5.77. The molecule has 270 valence electrons. The molecule has 0 saturated carbocycles. The second-order valence-electron chi connectivity index (χ2n) is 11.9. The van der Waals surface area contributed by atoms with Gasteiger partial charge >= 0.3 is 11.9 Å². The number of nitro groups is 2. The lowest BCUT2D eigenvalue weighted by Gasteiger charge is -2.41. The lowest BCUT2D eigenvalue weighted by Crippen LogP contribution is -2.59. The molecule has 1 unspecified atom stereocenters. The predicted molar refractivity (Wildman–Crippen MR) is 174 cm³/mol. The number of carbonyl (C=O) groups is 2. The number of rotatable bonds is 9. The Balaban J connectivity index is 1.31. The molecule has 18 heteroatoms. The Morgan fingerprint density at radius 1 is 0.846 bits per heavy atom. The van der Waals surface area contributed by atoms with Crippen molar-refractivity contribution in [1.29, 1.82) is 0 Å². The van der Waals surface area contributed by atoms with Gasteiger partial charge in [-0.2, -0.15) is 0 Å². The maximum atomic E-state index is 13.4. The molecule has 0 amide bonds. The number of carbonyl (C=O) groups excluding carboxylic acids is 2. The molecule has 0 aromatic heterocycles. The van der Waals surface area contributed by atoms with Crippen molar-refractivity contribution in [2.45, 2.75) is 44.2 Å². The van der Waals surface area contributed by atoms with Crippen LogP contribution in [0.1, 0.15) is 33.2 Å². The van der Waals surface area contributed by atoms with E-state index in [9.17, 15) is 40.0 Å². The van der Waals surface area contributed by atoms with E-state index in [1.54, 1.807) is 30.3 Å². The highest BCUT2D eigenvalue weighted by atomic mass is 16.7. The summed E-state index contributed by atoms with van der Waals surface area (Å²) in [6.07, 6.45) is -8.08. The van der Waals surface area contributed by atoms with Crippen molar-refractivity contribution >= 4 is 34.1 Å². The van der Waals surface area contributed by atoms with Crippen molar-refractivity contribution in [3.63, 3.8) is 0 Å². The molecule has 0 radical (unpaired) electrons. The minimum absolute atomic E-state index is 0.0236. The zero-order valence-corrected chi connectivity index (χ0v) is 27.4. The zero-order valence-electron chi connectivity index (χ0n) is 27.4. The number of hydrogen-bond donors (Lipinski definition) is 2.